The van der Waals surface area contributed by atoms with Crippen LogP contribution in [-0.4, -0.2) is 28.9 Å². The van der Waals surface area contributed by atoms with Gasteiger partial charge in [-0.3, -0.25) is 19.5 Å². The van der Waals surface area contributed by atoms with Crippen molar-refractivity contribution in [2.75, 3.05) is 12.0 Å². The summed E-state index contributed by atoms with van der Waals surface area (Å²) < 4.78 is 5.34. The Morgan fingerprint density at radius 3 is 2.45 bits per heavy atom. The van der Waals surface area contributed by atoms with Crippen molar-refractivity contribution in [3.05, 3.63) is 93.2 Å². The maximum Gasteiger partial charge on any atom is 0.300 e. The Balaban J connectivity index is 1.97. The Labute approximate surface area is 201 Å². The number of carbonyl (C=O) groups is 2. The van der Waals surface area contributed by atoms with Gasteiger partial charge in [0.2, 0.25) is 0 Å². The number of benzene rings is 2. The molecular weight excluding hydrogens is 463 g/mol. The minimum atomic E-state index is -0.957. The summed E-state index contributed by atoms with van der Waals surface area (Å²) in [5.74, 6) is -1.93. The van der Waals surface area contributed by atoms with Gasteiger partial charge < -0.3 is 9.84 Å². The van der Waals surface area contributed by atoms with E-state index in [2.05, 4.69) is 4.98 Å². The number of Topliss-reactive ketones (excluding diaryl/α,β-unsaturated/α-hetero) is 1. The Bertz CT molecular complexity index is 1260. The molecule has 1 saturated heterocycles. The van der Waals surface area contributed by atoms with Crippen LogP contribution in [0.4, 0.5) is 5.69 Å². The number of hydrogen-bond acceptors (Lipinski definition) is 5. The Kier molecular flexibility index (Phi) is 6.40. The third kappa shape index (κ3) is 4.08. The minimum Gasteiger partial charge on any atom is -0.507 e. The van der Waals surface area contributed by atoms with Gasteiger partial charge in [0.1, 0.15) is 17.6 Å². The summed E-state index contributed by atoms with van der Waals surface area (Å²) in [4.78, 5) is 32.1. The van der Waals surface area contributed by atoms with Gasteiger partial charge in [0.15, 0.2) is 0 Å². The van der Waals surface area contributed by atoms with E-state index in [9.17, 15) is 14.7 Å². The van der Waals surface area contributed by atoms with Gasteiger partial charge in [-0.25, -0.2) is 0 Å². The highest BCUT2D eigenvalue weighted by molar-refractivity contribution is 6.51. The van der Waals surface area contributed by atoms with E-state index in [-0.39, 0.29) is 26.9 Å². The SMILES string of the molecule is CCc1ccc(N2C(=O)C(=O)/C(=C(/O)c3cc(Cl)cc(Cl)c3OC)C2c2ccccn2)cc1. The van der Waals surface area contributed by atoms with Crippen LogP contribution < -0.4 is 9.64 Å². The molecule has 1 aliphatic heterocycles. The standard InChI is InChI=1S/C25H20Cl2N2O4/c1-3-14-7-9-16(10-8-14)29-21(19-6-4-5-11-28-19)20(23(31)25(29)32)22(30)17-12-15(26)13-18(27)24(17)33-2/h4-13,21,30H,3H2,1-2H3/b22-20+. The van der Waals surface area contributed by atoms with Crippen LogP contribution in [0, 0.1) is 0 Å². The highest BCUT2D eigenvalue weighted by atomic mass is 35.5. The van der Waals surface area contributed by atoms with E-state index in [1.807, 2.05) is 19.1 Å². The highest BCUT2D eigenvalue weighted by Crippen LogP contribution is 2.44. The number of aliphatic hydroxyl groups excluding tert-OH is 1. The van der Waals surface area contributed by atoms with Gasteiger partial charge in [0.25, 0.3) is 11.7 Å². The molecule has 3 aromatic rings. The first-order valence-corrected chi connectivity index (χ1v) is 11.0. The number of aryl methyl sites for hydroxylation is 1. The molecular formula is C25H20Cl2N2O4. The van der Waals surface area contributed by atoms with Crippen LogP contribution >= 0.6 is 23.2 Å². The van der Waals surface area contributed by atoms with Crippen LogP contribution in [0.1, 0.15) is 29.8 Å². The van der Waals surface area contributed by atoms with Crippen molar-refractivity contribution in [2.24, 2.45) is 0 Å². The number of pyridine rings is 1. The molecule has 0 spiro atoms. The van der Waals surface area contributed by atoms with Crippen LogP contribution in [0.25, 0.3) is 5.76 Å². The molecule has 1 aromatic heterocycles. The van der Waals surface area contributed by atoms with Gasteiger partial charge in [-0.05, 0) is 48.4 Å². The van der Waals surface area contributed by atoms with E-state index in [1.54, 1.807) is 36.5 Å². The van der Waals surface area contributed by atoms with E-state index in [0.29, 0.717) is 11.4 Å². The lowest BCUT2D eigenvalue weighted by Gasteiger charge is -2.25. The molecule has 1 aliphatic rings. The van der Waals surface area contributed by atoms with Crippen molar-refractivity contribution in [3.63, 3.8) is 0 Å². The van der Waals surface area contributed by atoms with Crippen molar-refractivity contribution in [1.82, 2.24) is 4.98 Å². The normalized spacial score (nSPS) is 17.5. The summed E-state index contributed by atoms with van der Waals surface area (Å²) in [5.41, 5.74) is 2.00. The lowest BCUT2D eigenvalue weighted by atomic mass is 9.97. The molecule has 0 aliphatic carbocycles. The predicted octanol–water partition coefficient (Wildman–Crippen LogP) is 5.59. The zero-order chi connectivity index (χ0) is 23.7. The van der Waals surface area contributed by atoms with Crippen LogP contribution in [0.2, 0.25) is 10.0 Å². The second kappa shape index (κ2) is 9.25. The zero-order valence-corrected chi connectivity index (χ0v) is 19.4. The topological polar surface area (TPSA) is 79.7 Å². The number of ether oxygens (including phenoxy) is 1. The molecule has 2 heterocycles. The first-order chi connectivity index (χ1) is 15.9. The molecule has 1 unspecified atom stereocenters. The second-order valence-electron chi connectivity index (χ2n) is 7.41. The molecule has 1 amide bonds. The fraction of sp³-hybridized carbons (Fsp3) is 0.160. The molecule has 0 radical (unpaired) electrons. The Morgan fingerprint density at radius 2 is 1.85 bits per heavy atom. The molecule has 1 atom stereocenters. The highest BCUT2D eigenvalue weighted by Gasteiger charge is 2.48. The number of hydrogen-bond donors (Lipinski definition) is 1. The third-order valence-corrected chi connectivity index (χ3v) is 6.00. The molecule has 1 fully saturated rings. The van der Waals surface area contributed by atoms with Crippen LogP contribution in [0.15, 0.2) is 66.4 Å². The summed E-state index contributed by atoms with van der Waals surface area (Å²) >= 11 is 12.4. The number of anilines is 1. The lowest BCUT2D eigenvalue weighted by molar-refractivity contribution is -0.132. The molecule has 2 aromatic carbocycles. The van der Waals surface area contributed by atoms with Gasteiger partial charge in [-0.1, -0.05) is 48.3 Å². The predicted molar refractivity (Wildman–Crippen MR) is 128 cm³/mol. The lowest BCUT2D eigenvalue weighted by Crippen LogP contribution is -2.29. The first-order valence-electron chi connectivity index (χ1n) is 10.2. The van der Waals surface area contributed by atoms with Crippen molar-refractivity contribution < 1.29 is 19.4 Å². The average molecular weight is 483 g/mol. The summed E-state index contributed by atoms with van der Waals surface area (Å²) in [5, 5.41) is 11.7. The maximum atomic E-state index is 13.2. The van der Waals surface area contributed by atoms with Crippen LogP contribution in [0.3, 0.4) is 0 Å². The number of rotatable bonds is 5. The second-order valence-corrected chi connectivity index (χ2v) is 8.26. The number of halogens is 2. The van der Waals surface area contributed by atoms with Gasteiger partial charge >= 0.3 is 0 Å². The number of ketones is 1. The zero-order valence-electron chi connectivity index (χ0n) is 17.9. The van der Waals surface area contributed by atoms with Crippen LogP contribution in [-0.2, 0) is 16.0 Å². The molecule has 168 valence electrons. The van der Waals surface area contributed by atoms with Crippen molar-refractivity contribution in [1.29, 1.82) is 0 Å². The smallest absolute Gasteiger partial charge is 0.300 e. The van der Waals surface area contributed by atoms with Gasteiger partial charge in [-0.2, -0.15) is 0 Å². The quantitative estimate of drug-likeness (QED) is 0.291. The average Bonchev–Trinajstić information content (AvgIpc) is 3.09. The van der Waals surface area contributed by atoms with E-state index >= 15 is 0 Å². The van der Waals surface area contributed by atoms with Gasteiger partial charge in [0, 0.05) is 16.9 Å². The molecule has 4 rings (SSSR count). The monoisotopic (exact) mass is 482 g/mol. The molecule has 8 heteroatoms. The minimum absolute atomic E-state index is 0.107. The Morgan fingerprint density at radius 1 is 1.12 bits per heavy atom. The summed E-state index contributed by atoms with van der Waals surface area (Å²) in [6, 6.07) is 14.4. The first kappa shape index (κ1) is 22.8. The molecule has 1 N–H and O–H groups in total. The number of amides is 1. The molecule has 0 bridgehead atoms. The van der Waals surface area contributed by atoms with E-state index in [4.69, 9.17) is 27.9 Å². The summed E-state index contributed by atoms with van der Waals surface area (Å²) in [6.07, 6.45) is 2.39. The van der Waals surface area contributed by atoms with Gasteiger partial charge in [0.05, 0.1) is 29.0 Å². The maximum absolute atomic E-state index is 13.2. The van der Waals surface area contributed by atoms with E-state index in [1.165, 1.54) is 24.1 Å². The molecule has 0 saturated carbocycles. The summed E-state index contributed by atoms with van der Waals surface area (Å²) in [6.45, 7) is 2.03. The van der Waals surface area contributed by atoms with E-state index in [0.717, 1.165) is 12.0 Å². The van der Waals surface area contributed by atoms with Crippen molar-refractivity contribution in [3.8, 4) is 5.75 Å². The van der Waals surface area contributed by atoms with E-state index < -0.39 is 23.5 Å². The third-order valence-electron chi connectivity index (χ3n) is 5.50. The molecule has 33 heavy (non-hydrogen) atoms. The van der Waals surface area contributed by atoms with Crippen molar-refractivity contribution in [2.45, 2.75) is 19.4 Å². The molecule has 6 nitrogen and oxygen atoms in total. The largest absolute Gasteiger partial charge is 0.507 e. The summed E-state index contributed by atoms with van der Waals surface area (Å²) in [7, 11) is 1.38. The Hall–Kier alpha value is -3.35. The number of nitrogens with zero attached hydrogens (tertiary/aromatic N) is 2. The van der Waals surface area contributed by atoms with Gasteiger partial charge in [-0.15, -0.1) is 0 Å². The fourth-order valence-corrected chi connectivity index (χ4v) is 4.47. The van der Waals surface area contributed by atoms with Crippen molar-refractivity contribution >= 4 is 46.3 Å². The number of aromatic nitrogens is 1. The number of carbonyl (C=O) groups excluding carboxylic acids is 2. The van der Waals surface area contributed by atoms with Crippen LogP contribution in [0.5, 0.6) is 5.75 Å². The fourth-order valence-electron chi connectivity index (χ4n) is 3.90. The number of methoxy groups -OCH3 is 1. The number of aliphatic hydroxyl groups is 1.